The standard InChI is InChI=1S/C6H11Cl2NOS/c1-11-6(10)9(4-2-7)5-3-8/h2-5H2,1H3. The van der Waals surface area contributed by atoms with Crippen LogP contribution < -0.4 is 0 Å². The molecule has 0 heterocycles. The molecule has 0 aromatic rings. The minimum atomic E-state index is 0.0336. The zero-order valence-corrected chi connectivity index (χ0v) is 8.68. The largest absolute Gasteiger partial charge is 0.331 e. The van der Waals surface area contributed by atoms with Crippen LogP contribution in [0.2, 0.25) is 0 Å². The normalized spacial score (nSPS) is 9.73. The number of carbonyl (C=O) groups is 1. The van der Waals surface area contributed by atoms with Crippen molar-refractivity contribution in [3.63, 3.8) is 0 Å². The van der Waals surface area contributed by atoms with E-state index in [2.05, 4.69) is 0 Å². The average molecular weight is 216 g/mol. The maximum atomic E-state index is 11.1. The van der Waals surface area contributed by atoms with Crippen molar-refractivity contribution in [2.24, 2.45) is 0 Å². The van der Waals surface area contributed by atoms with Gasteiger partial charge in [0.2, 0.25) is 0 Å². The number of carbonyl (C=O) groups excluding carboxylic acids is 1. The van der Waals surface area contributed by atoms with E-state index in [9.17, 15) is 4.79 Å². The van der Waals surface area contributed by atoms with E-state index >= 15 is 0 Å². The molecular weight excluding hydrogens is 205 g/mol. The van der Waals surface area contributed by atoms with Crippen LogP contribution in [-0.4, -0.2) is 41.2 Å². The van der Waals surface area contributed by atoms with Crippen molar-refractivity contribution in [1.82, 2.24) is 4.90 Å². The minimum absolute atomic E-state index is 0.0336. The molecule has 0 radical (unpaired) electrons. The van der Waals surface area contributed by atoms with E-state index < -0.39 is 0 Å². The van der Waals surface area contributed by atoms with Gasteiger partial charge in [0, 0.05) is 24.8 Å². The summed E-state index contributed by atoms with van der Waals surface area (Å²) in [4.78, 5) is 12.7. The molecule has 0 saturated heterocycles. The van der Waals surface area contributed by atoms with Crippen LogP contribution in [0.1, 0.15) is 0 Å². The number of amides is 1. The highest BCUT2D eigenvalue weighted by Crippen LogP contribution is 2.04. The van der Waals surface area contributed by atoms with Gasteiger partial charge in [-0.1, -0.05) is 11.8 Å². The van der Waals surface area contributed by atoms with Crippen molar-refractivity contribution in [3.05, 3.63) is 0 Å². The third-order valence-electron chi connectivity index (χ3n) is 1.14. The molecule has 0 aliphatic rings. The Bertz CT molecular complexity index is 117. The lowest BCUT2D eigenvalue weighted by Gasteiger charge is -2.18. The Morgan fingerprint density at radius 2 is 1.82 bits per heavy atom. The van der Waals surface area contributed by atoms with E-state index in [1.807, 2.05) is 0 Å². The number of halogens is 2. The first kappa shape index (κ1) is 11.4. The third kappa shape index (κ3) is 4.77. The summed E-state index contributed by atoms with van der Waals surface area (Å²) < 4.78 is 0. The molecule has 0 aliphatic carbocycles. The Labute approximate surface area is 81.2 Å². The second kappa shape index (κ2) is 7.07. The summed E-state index contributed by atoms with van der Waals surface area (Å²) in [6.07, 6.45) is 1.75. The zero-order valence-electron chi connectivity index (χ0n) is 6.35. The lowest BCUT2D eigenvalue weighted by Crippen LogP contribution is -2.31. The van der Waals surface area contributed by atoms with Crippen LogP contribution in [0.4, 0.5) is 4.79 Å². The van der Waals surface area contributed by atoms with Crippen molar-refractivity contribution in [1.29, 1.82) is 0 Å². The van der Waals surface area contributed by atoms with Gasteiger partial charge in [-0.2, -0.15) is 0 Å². The molecule has 0 aromatic heterocycles. The smallest absolute Gasteiger partial charge is 0.281 e. The van der Waals surface area contributed by atoms with E-state index in [-0.39, 0.29) is 5.24 Å². The van der Waals surface area contributed by atoms with Crippen LogP contribution in [0.15, 0.2) is 0 Å². The fraction of sp³-hybridized carbons (Fsp3) is 0.833. The molecule has 0 aromatic carbocycles. The highest BCUT2D eigenvalue weighted by molar-refractivity contribution is 8.12. The minimum Gasteiger partial charge on any atom is -0.331 e. The quantitative estimate of drug-likeness (QED) is 0.671. The molecule has 66 valence electrons. The second-order valence-electron chi connectivity index (χ2n) is 1.84. The molecule has 1 amide bonds. The monoisotopic (exact) mass is 215 g/mol. The summed E-state index contributed by atoms with van der Waals surface area (Å²) >= 11 is 12.2. The van der Waals surface area contributed by atoms with Gasteiger partial charge in [0.15, 0.2) is 0 Å². The van der Waals surface area contributed by atoms with E-state index in [1.54, 1.807) is 11.2 Å². The molecular formula is C6H11Cl2NOS. The molecule has 0 rings (SSSR count). The van der Waals surface area contributed by atoms with Gasteiger partial charge in [-0.05, 0) is 6.26 Å². The summed E-state index contributed by atoms with van der Waals surface area (Å²) in [5.74, 6) is 0.923. The Hall–Kier alpha value is 0.400. The average Bonchev–Trinajstić information content (AvgIpc) is 2.03. The van der Waals surface area contributed by atoms with Crippen LogP contribution in [0.5, 0.6) is 0 Å². The molecule has 0 fully saturated rings. The van der Waals surface area contributed by atoms with Crippen LogP contribution in [-0.2, 0) is 0 Å². The molecule has 0 unspecified atom stereocenters. The van der Waals surface area contributed by atoms with E-state index in [0.717, 1.165) is 0 Å². The van der Waals surface area contributed by atoms with Crippen molar-refractivity contribution in [2.45, 2.75) is 0 Å². The van der Waals surface area contributed by atoms with E-state index in [4.69, 9.17) is 23.2 Å². The van der Waals surface area contributed by atoms with Gasteiger partial charge in [0.1, 0.15) is 0 Å². The molecule has 0 spiro atoms. The van der Waals surface area contributed by atoms with Gasteiger partial charge >= 0.3 is 0 Å². The summed E-state index contributed by atoms with van der Waals surface area (Å²) in [5, 5.41) is 0.0336. The van der Waals surface area contributed by atoms with Gasteiger partial charge in [-0.25, -0.2) is 0 Å². The maximum Gasteiger partial charge on any atom is 0.281 e. The zero-order chi connectivity index (χ0) is 8.69. The third-order valence-corrected chi connectivity index (χ3v) is 2.09. The van der Waals surface area contributed by atoms with Gasteiger partial charge < -0.3 is 4.90 Å². The Kier molecular flexibility index (Phi) is 7.33. The van der Waals surface area contributed by atoms with Gasteiger partial charge in [0.05, 0.1) is 0 Å². The number of nitrogens with zero attached hydrogens (tertiary/aromatic N) is 1. The highest BCUT2D eigenvalue weighted by atomic mass is 35.5. The highest BCUT2D eigenvalue weighted by Gasteiger charge is 2.09. The van der Waals surface area contributed by atoms with Gasteiger partial charge in [-0.3, -0.25) is 4.79 Å². The van der Waals surface area contributed by atoms with Gasteiger partial charge in [0.25, 0.3) is 5.24 Å². The van der Waals surface area contributed by atoms with Crippen LogP contribution in [0.25, 0.3) is 0 Å². The van der Waals surface area contributed by atoms with Crippen LogP contribution in [0.3, 0.4) is 0 Å². The second-order valence-corrected chi connectivity index (χ2v) is 3.35. The molecule has 0 N–H and O–H groups in total. The summed E-state index contributed by atoms with van der Waals surface area (Å²) in [6.45, 7) is 1.15. The maximum absolute atomic E-state index is 11.1. The van der Waals surface area contributed by atoms with E-state index in [1.165, 1.54) is 11.8 Å². The van der Waals surface area contributed by atoms with Gasteiger partial charge in [-0.15, -0.1) is 23.2 Å². The Morgan fingerprint density at radius 3 is 2.09 bits per heavy atom. The van der Waals surface area contributed by atoms with Crippen molar-refractivity contribution in [2.75, 3.05) is 31.1 Å². The SMILES string of the molecule is CSC(=O)N(CCCl)CCCl. The van der Waals surface area contributed by atoms with Crippen LogP contribution >= 0.6 is 35.0 Å². The lowest BCUT2D eigenvalue weighted by molar-refractivity contribution is 0.229. The number of alkyl halides is 2. The predicted molar refractivity (Wildman–Crippen MR) is 51.9 cm³/mol. The lowest BCUT2D eigenvalue weighted by atomic mass is 10.6. The molecule has 11 heavy (non-hydrogen) atoms. The molecule has 2 nitrogen and oxygen atoms in total. The van der Waals surface area contributed by atoms with E-state index in [0.29, 0.717) is 24.8 Å². The molecule has 5 heteroatoms. The molecule has 0 atom stereocenters. The number of thioether (sulfide) groups is 1. The Balaban J connectivity index is 3.76. The first-order chi connectivity index (χ1) is 5.26. The van der Waals surface area contributed by atoms with Crippen molar-refractivity contribution >= 4 is 40.2 Å². The fourth-order valence-corrected chi connectivity index (χ4v) is 1.48. The van der Waals surface area contributed by atoms with Crippen molar-refractivity contribution in [3.8, 4) is 0 Å². The first-order valence-electron chi connectivity index (χ1n) is 3.21. The van der Waals surface area contributed by atoms with Crippen LogP contribution in [0, 0.1) is 0 Å². The van der Waals surface area contributed by atoms with Crippen molar-refractivity contribution < 1.29 is 4.79 Å². The molecule has 0 saturated carbocycles. The molecule has 0 bridgehead atoms. The summed E-state index contributed by atoms with van der Waals surface area (Å²) in [6, 6.07) is 0. The number of rotatable bonds is 4. The predicted octanol–water partition coefficient (Wildman–Crippen LogP) is 2.25. The first-order valence-corrected chi connectivity index (χ1v) is 5.50. The topological polar surface area (TPSA) is 20.3 Å². The summed E-state index contributed by atoms with van der Waals surface area (Å²) in [7, 11) is 0. The fourth-order valence-electron chi connectivity index (χ4n) is 0.628. The number of hydrogen-bond acceptors (Lipinski definition) is 2. The molecule has 0 aliphatic heterocycles. The number of hydrogen-bond donors (Lipinski definition) is 0. The summed E-state index contributed by atoms with van der Waals surface area (Å²) in [5.41, 5.74) is 0. The Morgan fingerprint density at radius 1 is 1.36 bits per heavy atom.